The van der Waals surface area contributed by atoms with E-state index in [0.29, 0.717) is 27.8 Å². The summed E-state index contributed by atoms with van der Waals surface area (Å²) in [6, 6.07) is 23.5. The fraction of sp³-hybridized carbons (Fsp3) is 0.0800. The third kappa shape index (κ3) is 5.57. The van der Waals surface area contributed by atoms with Crippen LogP contribution in [0.15, 0.2) is 90.2 Å². The Bertz CT molecular complexity index is 1290. The number of nitrogens with two attached hydrogens (primary N) is 1. The third-order valence-electron chi connectivity index (χ3n) is 4.89. The van der Waals surface area contributed by atoms with Crippen molar-refractivity contribution in [2.24, 2.45) is 0 Å². The van der Waals surface area contributed by atoms with Gasteiger partial charge in [-0.3, -0.25) is 9.59 Å². The van der Waals surface area contributed by atoms with E-state index in [1.807, 2.05) is 30.3 Å². The molecule has 0 atom stereocenters. The number of rotatable bonds is 8. The van der Waals surface area contributed by atoms with Gasteiger partial charge in [-0.25, -0.2) is 9.66 Å². The van der Waals surface area contributed by atoms with Crippen molar-refractivity contribution in [3.63, 3.8) is 0 Å². The second-order valence-electron chi connectivity index (χ2n) is 7.25. The van der Waals surface area contributed by atoms with Gasteiger partial charge in [-0.2, -0.15) is 0 Å². The number of nitrogen functional groups attached to an aromatic ring is 1. The lowest BCUT2D eigenvalue weighted by Gasteiger charge is -2.12. The van der Waals surface area contributed by atoms with E-state index in [2.05, 4.69) is 15.6 Å². The summed E-state index contributed by atoms with van der Waals surface area (Å²) in [7, 11) is 1.58. The summed E-state index contributed by atoms with van der Waals surface area (Å²) < 4.78 is 6.53. The van der Waals surface area contributed by atoms with Crippen LogP contribution in [-0.2, 0) is 4.79 Å². The van der Waals surface area contributed by atoms with Gasteiger partial charge in [-0.05, 0) is 36.4 Å². The molecule has 9 heteroatoms. The molecule has 1 aromatic heterocycles. The first-order chi connectivity index (χ1) is 16.5. The van der Waals surface area contributed by atoms with Crippen LogP contribution in [0.2, 0.25) is 0 Å². The van der Waals surface area contributed by atoms with E-state index >= 15 is 0 Å². The third-order valence-corrected chi connectivity index (χ3v) is 5.86. The van der Waals surface area contributed by atoms with E-state index in [1.54, 1.807) is 61.8 Å². The first kappa shape index (κ1) is 22.9. The zero-order valence-electron chi connectivity index (χ0n) is 18.4. The van der Waals surface area contributed by atoms with Gasteiger partial charge in [0.1, 0.15) is 5.75 Å². The minimum atomic E-state index is -0.335. The molecule has 2 amide bonds. The van der Waals surface area contributed by atoms with Crippen LogP contribution >= 0.6 is 11.8 Å². The Morgan fingerprint density at radius 3 is 2.41 bits per heavy atom. The number of anilines is 2. The SMILES string of the molecule is COc1ccc(NC(=O)c2ccccc2NC(=O)CSc2nc(-c3ccccc3)cn2N)cc1. The molecule has 4 rings (SSSR count). The second-order valence-corrected chi connectivity index (χ2v) is 8.19. The Hall–Kier alpha value is -4.24. The summed E-state index contributed by atoms with van der Waals surface area (Å²) in [5, 5.41) is 6.14. The molecule has 3 aromatic carbocycles. The number of carbonyl (C=O) groups is 2. The van der Waals surface area contributed by atoms with Gasteiger partial charge in [-0.1, -0.05) is 54.2 Å². The molecule has 0 saturated carbocycles. The first-order valence-corrected chi connectivity index (χ1v) is 11.4. The van der Waals surface area contributed by atoms with Crippen LogP contribution in [0.1, 0.15) is 10.4 Å². The number of hydrogen-bond donors (Lipinski definition) is 3. The number of hydrogen-bond acceptors (Lipinski definition) is 6. The Labute approximate surface area is 201 Å². The van der Waals surface area contributed by atoms with Gasteiger partial charge in [0.2, 0.25) is 5.91 Å². The summed E-state index contributed by atoms with van der Waals surface area (Å²) in [6.07, 6.45) is 1.72. The maximum atomic E-state index is 12.8. The number of para-hydroxylation sites is 1. The summed E-state index contributed by atoms with van der Waals surface area (Å²) in [4.78, 5) is 29.9. The summed E-state index contributed by atoms with van der Waals surface area (Å²) in [5.74, 6) is 6.17. The molecule has 34 heavy (non-hydrogen) atoms. The van der Waals surface area contributed by atoms with E-state index < -0.39 is 0 Å². The Balaban J connectivity index is 1.39. The van der Waals surface area contributed by atoms with Gasteiger partial charge in [0.15, 0.2) is 5.16 Å². The van der Waals surface area contributed by atoms with Crippen molar-refractivity contribution in [2.45, 2.75) is 5.16 Å². The first-order valence-electron chi connectivity index (χ1n) is 10.4. The van der Waals surface area contributed by atoms with Crippen LogP contribution in [0, 0.1) is 0 Å². The summed E-state index contributed by atoms with van der Waals surface area (Å²) in [6.45, 7) is 0. The van der Waals surface area contributed by atoms with Crippen LogP contribution in [0.5, 0.6) is 5.75 Å². The van der Waals surface area contributed by atoms with Gasteiger partial charge in [0.25, 0.3) is 5.91 Å². The normalized spacial score (nSPS) is 10.5. The zero-order chi connectivity index (χ0) is 23.9. The monoisotopic (exact) mass is 473 g/mol. The molecule has 4 N–H and O–H groups in total. The van der Waals surface area contributed by atoms with Crippen molar-refractivity contribution in [3.8, 4) is 17.0 Å². The number of carbonyl (C=O) groups excluding carboxylic acids is 2. The van der Waals surface area contributed by atoms with Gasteiger partial charge in [-0.15, -0.1) is 0 Å². The van der Waals surface area contributed by atoms with Crippen molar-refractivity contribution in [1.29, 1.82) is 0 Å². The van der Waals surface area contributed by atoms with Crippen molar-refractivity contribution < 1.29 is 14.3 Å². The Morgan fingerprint density at radius 2 is 1.68 bits per heavy atom. The van der Waals surface area contributed by atoms with E-state index in [-0.39, 0.29) is 17.6 Å². The molecule has 0 fully saturated rings. The molecule has 0 saturated heterocycles. The highest BCUT2D eigenvalue weighted by atomic mass is 32.2. The molecule has 8 nitrogen and oxygen atoms in total. The molecule has 172 valence electrons. The number of benzene rings is 3. The highest BCUT2D eigenvalue weighted by molar-refractivity contribution is 7.99. The second kappa shape index (κ2) is 10.6. The molecule has 0 aliphatic heterocycles. The van der Waals surface area contributed by atoms with Gasteiger partial charge in [0, 0.05) is 11.3 Å². The lowest BCUT2D eigenvalue weighted by Crippen LogP contribution is -2.19. The molecule has 0 spiro atoms. The number of amides is 2. The van der Waals surface area contributed by atoms with Crippen LogP contribution in [0.25, 0.3) is 11.3 Å². The summed E-state index contributed by atoms with van der Waals surface area (Å²) in [5.41, 5.74) is 3.05. The van der Waals surface area contributed by atoms with Crippen molar-refractivity contribution in [3.05, 3.63) is 90.6 Å². The van der Waals surface area contributed by atoms with Crippen LogP contribution < -0.4 is 21.2 Å². The van der Waals surface area contributed by atoms with Crippen molar-refractivity contribution in [2.75, 3.05) is 29.3 Å². The number of nitrogens with zero attached hydrogens (tertiary/aromatic N) is 2. The lowest BCUT2D eigenvalue weighted by molar-refractivity contribution is -0.113. The lowest BCUT2D eigenvalue weighted by atomic mass is 10.1. The van der Waals surface area contributed by atoms with Crippen LogP contribution in [0.4, 0.5) is 11.4 Å². The van der Waals surface area contributed by atoms with Crippen molar-refractivity contribution in [1.82, 2.24) is 9.66 Å². The van der Waals surface area contributed by atoms with E-state index in [1.165, 1.54) is 16.4 Å². The molecule has 0 aliphatic carbocycles. The molecule has 1 heterocycles. The standard InChI is InChI=1S/C25H23N5O3S/c1-33-19-13-11-18(12-14-19)27-24(32)20-9-5-6-10-21(20)28-23(31)16-34-25-29-22(15-30(25)26)17-7-3-2-4-8-17/h2-15H,16,26H2,1H3,(H,27,32)(H,28,31). The molecule has 4 aromatic rings. The zero-order valence-corrected chi connectivity index (χ0v) is 19.2. The predicted molar refractivity (Wildman–Crippen MR) is 135 cm³/mol. The smallest absolute Gasteiger partial charge is 0.257 e. The van der Waals surface area contributed by atoms with Gasteiger partial charge in [0.05, 0.1) is 36.0 Å². The Morgan fingerprint density at radius 1 is 0.971 bits per heavy atom. The maximum absolute atomic E-state index is 12.8. The molecule has 0 bridgehead atoms. The number of ether oxygens (including phenoxy) is 1. The fourth-order valence-corrected chi connectivity index (χ4v) is 3.91. The molecular formula is C25H23N5O3S. The largest absolute Gasteiger partial charge is 0.497 e. The molecule has 0 unspecified atom stereocenters. The minimum absolute atomic E-state index is 0.0802. The van der Waals surface area contributed by atoms with Gasteiger partial charge >= 0.3 is 0 Å². The van der Waals surface area contributed by atoms with Crippen molar-refractivity contribution >= 4 is 35.0 Å². The average Bonchev–Trinajstić information content (AvgIpc) is 3.24. The molecular weight excluding hydrogens is 450 g/mol. The topological polar surface area (TPSA) is 111 Å². The van der Waals surface area contributed by atoms with E-state index in [0.717, 1.165) is 11.3 Å². The highest BCUT2D eigenvalue weighted by Crippen LogP contribution is 2.24. The fourth-order valence-electron chi connectivity index (χ4n) is 3.21. The Kier molecular flexibility index (Phi) is 7.14. The maximum Gasteiger partial charge on any atom is 0.257 e. The number of aromatic nitrogens is 2. The van der Waals surface area contributed by atoms with Gasteiger partial charge < -0.3 is 21.2 Å². The number of thioether (sulfide) groups is 1. The predicted octanol–water partition coefficient (Wildman–Crippen LogP) is 4.26. The van der Waals surface area contributed by atoms with E-state index in [9.17, 15) is 9.59 Å². The van der Waals surface area contributed by atoms with E-state index in [4.69, 9.17) is 10.6 Å². The number of imidazole rings is 1. The van der Waals surface area contributed by atoms with Crippen LogP contribution in [0.3, 0.4) is 0 Å². The number of methoxy groups -OCH3 is 1. The number of nitrogens with one attached hydrogen (secondary N) is 2. The molecule has 0 aliphatic rings. The van der Waals surface area contributed by atoms with Crippen LogP contribution in [-0.4, -0.2) is 34.3 Å². The molecule has 0 radical (unpaired) electrons. The average molecular weight is 474 g/mol. The quantitative estimate of drug-likeness (QED) is 0.261. The summed E-state index contributed by atoms with van der Waals surface area (Å²) >= 11 is 1.21. The highest BCUT2D eigenvalue weighted by Gasteiger charge is 2.15. The minimum Gasteiger partial charge on any atom is -0.497 e.